The zero-order chi connectivity index (χ0) is 13.7. The van der Waals surface area contributed by atoms with Crippen LogP contribution < -0.4 is 0 Å². The predicted octanol–water partition coefficient (Wildman–Crippen LogP) is 4.35. The van der Waals surface area contributed by atoms with Crippen molar-refractivity contribution in [2.75, 3.05) is 0 Å². The Kier molecular flexibility index (Phi) is 4.83. The summed E-state index contributed by atoms with van der Waals surface area (Å²) in [6.07, 6.45) is 8.04. The first kappa shape index (κ1) is 13.9. The largest absolute Gasteiger partial charge is 0.507 e. The summed E-state index contributed by atoms with van der Waals surface area (Å²) in [6.45, 7) is 2.21. The minimum atomic E-state index is -0.385. The first-order valence-electron chi connectivity index (χ1n) is 7.27. The summed E-state index contributed by atoms with van der Waals surface area (Å²) in [4.78, 5) is 11.7. The highest BCUT2D eigenvalue weighted by Gasteiger charge is 2.32. The Morgan fingerprint density at radius 3 is 2.68 bits per heavy atom. The monoisotopic (exact) mass is 262 g/mol. The normalized spacial score (nSPS) is 17.3. The first-order chi connectivity index (χ1) is 9.24. The van der Waals surface area contributed by atoms with Crippen LogP contribution in [0.15, 0.2) is 18.2 Å². The standard InChI is InChI=1S/C16H22O3/c1-2-3-4-5-6-7-11-14-12-9-8-10-13(17)15(12)16(18)19-14/h8-10,14,17H,2-7,11H2,1H3/t14-/m0/s1. The highest BCUT2D eigenvalue weighted by Crippen LogP contribution is 2.38. The highest BCUT2D eigenvalue weighted by molar-refractivity contribution is 5.96. The maximum atomic E-state index is 11.7. The minimum absolute atomic E-state index is 0.0351. The number of cyclic esters (lactones) is 1. The van der Waals surface area contributed by atoms with Crippen molar-refractivity contribution in [1.82, 2.24) is 0 Å². The Hall–Kier alpha value is -1.51. The Morgan fingerprint density at radius 1 is 1.16 bits per heavy atom. The zero-order valence-electron chi connectivity index (χ0n) is 11.5. The second-order valence-electron chi connectivity index (χ2n) is 5.19. The van der Waals surface area contributed by atoms with Crippen molar-refractivity contribution in [3.8, 4) is 5.75 Å². The van der Waals surface area contributed by atoms with Gasteiger partial charge in [-0.05, 0) is 18.9 Å². The molecular formula is C16H22O3. The van der Waals surface area contributed by atoms with Crippen molar-refractivity contribution >= 4 is 5.97 Å². The van der Waals surface area contributed by atoms with Gasteiger partial charge in [-0.25, -0.2) is 4.79 Å². The van der Waals surface area contributed by atoms with Crippen LogP contribution in [0.2, 0.25) is 0 Å². The number of rotatable bonds is 7. The van der Waals surface area contributed by atoms with Gasteiger partial charge in [0.15, 0.2) is 0 Å². The van der Waals surface area contributed by atoms with Crippen LogP contribution in [-0.4, -0.2) is 11.1 Å². The van der Waals surface area contributed by atoms with Crippen molar-refractivity contribution in [3.63, 3.8) is 0 Å². The van der Waals surface area contributed by atoms with Crippen molar-refractivity contribution in [2.45, 2.75) is 58.0 Å². The van der Waals surface area contributed by atoms with Gasteiger partial charge >= 0.3 is 5.97 Å². The third-order valence-electron chi connectivity index (χ3n) is 3.69. The van der Waals surface area contributed by atoms with E-state index in [1.54, 1.807) is 6.07 Å². The number of carbonyl (C=O) groups is 1. The maximum absolute atomic E-state index is 11.7. The van der Waals surface area contributed by atoms with Gasteiger partial charge in [-0.1, -0.05) is 51.2 Å². The third-order valence-corrected chi connectivity index (χ3v) is 3.69. The van der Waals surface area contributed by atoms with Gasteiger partial charge in [0, 0.05) is 5.56 Å². The second kappa shape index (κ2) is 6.60. The topological polar surface area (TPSA) is 46.5 Å². The fourth-order valence-corrected chi connectivity index (χ4v) is 2.62. The van der Waals surface area contributed by atoms with Crippen LogP contribution in [0, 0.1) is 0 Å². The maximum Gasteiger partial charge on any atom is 0.342 e. The number of benzene rings is 1. The molecule has 0 unspecified atom stereocenters. The van der Waals surface area contributed by atoms with Crippen LogP contribution >= 0.6 is 0 Å². The number of phenols is 1. The van der Waals surface area contributed by atoms with Crippen molar-refractivity contribution < 1.29 is 14.6 Å². The molecule has 0 aromatic heterocycles. The Labute approximate surface area is 114 Å². The van der Waals surface area contributed by atoms with E-state index in [4.69, 9.17) is 4.74 Å². The third kappa shape index (κ3) is 3.28. The average molecular weight is 262 g/mol. The van der Waals surface area contributed by atoms with E-state index in [9.17, 15) is 9.90 Å². The number of hydrogen-bond acceptors (Lipinski definition) is 3. The number of fused-ring (bicyclic) bond motifs is 1. The summed E-state index contributed by atoms with van der Waals surface area (Å²) in [6, 6.07) is 5.18. The van der Waals surface area contributed by atoms with E-state index in [1.807, 2.05) is 6.07 Å². The van der Waals surface area contributed by atoms with Gasteiger partial charge < -0.3 is 9.84 Å². The molecule has 2 rings (SSSR count). The molecule has 0 radical (unpaired) electrons. The lowest BCUT2D eigenvalue weighted by molar-refractivity contribution is 0.0362. The van der Waals surface area contributed by atoms with Gasteiger partial charge in [0.1, 0.15) is 17.4 Å². The molecule has 1 atom stereocenters. The number of esters is 1. The first-order valence-corrected chi connectivity index (χ1v) is 7.27. The van der Waals surface area contributed by atoms with Crippen LogP contribution in [0.5, 0.6) is 5.75 Å². The van der Waals surface area contributed by atoms with E-state index >= 15 is 0 Å². The molecule has 0 saturated carbocycles. The van der Waals surface area contributed by atoms with Gasteiger partial charge in [0.2, 0.25) is 0 Å². The fourth-order valence-electron chi connectivity index (χ4n) is 2.62. The van der Waals surface area contributed by atoms with Crippen LogP contribution in [-0.2, 0) is 4.74 Å². The van der Waals surface area contributed by atoms with E-state index < -0.39 is 0 Å². The molecule has 1 aliphatic heterocycles. The summed E-state index contributed by atoms with van der Waals surface area (Å²) >= 11 is 0. The molecule has 0 amide bonds. The quantitative estimate of drug-likeness (QED) is 0.587. The number of unbranched alkanes of at least 4 members (excludes halogenated alkanes) is 5. The molecule has 104 valence electrons. The molecule has 1 N–H and O–H groups in total. The molecule has 0 saturated heterocycles. The van der Waals surface area contributed by atoms with Gasteiger partial charge in [-0.3, -0.25) is 0 Å². The molecule has 0 spiro atoms. The van der Waals surface area contributed by atoms with Crippen molar-refractivity contribution in [3.05, 3.63) is 29.3 Å². The summed E-state index contributed by atoms with van der Waals surface area (Å²) < 4.78 is 5.34. The van der Waals surface area contributed by atoms with Gasteiger partial charge in [-0.2, -0.15) is 0 Å². The Morgan fingerprint density at radius 2 is 1.89 bits per heavy atom. The van der Waals surface area contributed by atoms with E-state index in [0.29, 0.717) is 5.56 Å². The van der Waals surface area contributed by atoms with Crippen molar-refractivity contribution in [2.24, 2.45) is 0 Å². The lowest BCUT2D eigenvalue weighted by Gasteiger charge is -2.10. The average Bonchev–Trinajstić information content (AvgIpc) is 2.72. The Balaban J connectivity index is 1.84. The molecule has 3 nitrogen and oxygen atoms in total. The van der Waals surface area contributed by atoms with Gasteiger partial charge in [0.25, 0.3) is 0 Å². The molecule has 0 aliphatic carbocycles. The lowest BCUT2D eigenvalue weighted by Crippen LogP contribution is -1.98. The summed E-state index contributed by atoms with van der Waals surface area (Å²) in [5, 5.41) is 9.69. The molecule has 1 aliphatic rings. The van der Waals surface area contributed by atoms with Crippen LogP contribution in [0.25, 0.3) is 0 Å². The molecule has 1 heterocycles. The van der Waals surface area contributed by atoms with E-state index in [0.717, 1.165) is 18.4 Å². The fraction of sp³-hybridized carbons (Fsp3) is 0.562. The molecule has 0 bridgehead atoms. The highest BCUT2D eigenvalue weighted by atomic mass is 16.5. The molecule has 0 fully saturated rings. The molecule has 3 heteroatoms. The van der Waals surface area contributed by atoms with E-state index in [2.05, 4.69) is 6.92 Å². The molecule has 19 heavy (non-hydrogen) atoms. The Bertz CT molecular complexity index is 440. The molecule has 1 aromatic rings. The second-order valence-corrected chi connectivity index (χ2v) is 5.19. The van der Waals surface area contributed by atoms with Crippen LogP contribution in [0.3, 0.4) is 0 Å². The number of carbonyl (C=O) groups excluding carboxylic acids is 1. The number of ether oxygens (including phenoxy) is 1. The van der Waals surface area contributed by atoms with Crippen LogP contribution in [0.1, 0.15) is 73.9 Å². The van der Waals surface area contributed by atoms with Crippen molar-refractivity contribution in [1.29, 1.82) is 0 Å². The van der Waals surface area contributed by atoms with Gasteiger partial charge in [0.05, 0.1) is 0 Å². The molecule has 1 aromatic carbocycles. The number of aromatic hydroxyl groups is 1. The summed E-state index contributed by atoms with van der Waals surface area (Å²) in [7, 11) is 0. The summed E-state index contributed by atoms with van der Waals surface area (Å²) in [5.74, 6) is -0.350. The lowest BCUT2D eigenvalue weighted by atomic mass is 9.99. The predicted molar refractivity (Wildman–Crippen MR) is 74.3 cm³/mol. The van der Waals surface area contributed by atoms with Crippen LogP contribution in [0.4, 0.5) is 0 Å². The van der Waals surface area contributed by atoms with E-state index in [-0.39, 0.29) is 17.8 Å². The van der Waals surface area contributed by atoms with Gasteiger partial charge in [-0.15, -0.1) is 0 Å². The molecular weight excluding hydrogens is 240 g/mol. The smallest absolute Gasteiger partial charge is 0.342 e. The minimum Gasteiger partial charge on any atom is -0.507 e. The summed E-state index contributed by atoms with van der Waals surface area (Å²) in [5.41, 5.74) is 1.21. The SMILES string of the molecule is CCCCCCCC[C@@H]1OC(=O)c2c(O)cccc21. The number of hydrogen-bond donors (Lipinski definition) is 1. The van der Waals surface area contributed by atoms with E-state index in [1.165, 1.54) is 38.2 Å². The zero-order valence-corrected chi connectivity index (χ0v) is 11.5. The number of phenolic OH excluding ortho intramolecular Hbond substituents is 1.